The molecule has 0 radical (unpaired) electrons. The molecule has 1 N–H and O–H groups in total. The number of benzene rings is 1. The van der Waals surface area contributed by atoms with Crippen molar-refractivity contribution in [2.45, 2.75) is 46.3 Å². The molecule has 0 aliphatic rings. The number of hydrogen-bond acceptors (Lipinski definition) is 2. The van der Waals surface area contributed by atoms with Gasteiger partial charge in [-0.1, -0.05) is 37.3 Å². The van der Waals surface area contributed by atoms with Gasteiger partial charge in [0.15, 0.2) is 0 Å². The Balaban J connectivity index is 2.00. The summed E-state index contributed by atoms with van der Waals surface area (Å²) in [6, 6.07) is 13.1. The van der Waals surface area contributed by atoms with Crippen LogP contribution in [0.4, 0.5) is 0 Å². The summed E-state index contributed by atoms with van der Waals surface area (Å²) >= 11 is 0. The van der Waals surface area contributed by atoms with Crippen LogP contribution in [0.1, 0.15) is 43.8 Å². The van der Waals surface area contributed by atoms with Crippen LogP contribution in [0.2, 0.25) is 0 Å². The average molecular weight is 257 g/mol. The number of rotatable bonds is 6. The predicted molar refractivity (Wildman–Crippen MR) is 79.0 cm³/mol. The van der Waals surface area contributed by atoms with Crippen LogP contribution in [0.5, 0.6) is 0 Å². The zero-order valence-corrected chi connectivity index (χ0v) is 12.1. The molecule has 0 amide bonds. The molecule has 3 heteroatoms. The first kappa shape index (κ1) is 13.8. The minimum Gasteiger partial charge on any atom is -0.305 e. The van der Waals surface area contributed by atoms with Crippen molar-refractivity contribution < 1.29 is 0 Å². The van der Waals surface area contributed by atoms with E-state index in [0.717, 1.165) is 19.5 Å². The minimum absolute atomic E-state index is 0.353. The number of aromatic nitrogens is 2. The van der Waals surface area contributed by atoms with Gasteiger partial charge < -0.3 is 5.32 Å². The molecule has 0 unspecified atom stereocenters. The van der Waals surface area contributed by atoms with Crippen molar-refractivity contribution in [2.75, 3.05) is 0 Å². The normalized spacial score (nSPS) is 12.6. The van der Waals surface area contributed by atoms with Crippen LogP contribution in [0, 0.1) is 0 Å². The van der Waals surface area contributed by atoms with Crippen LogP contribution >= 0.6 is 0 Å². The van der Waals surface area contributed by atoms with Crippen LogP contribution in [0.3, 0.4) is 0 Å². The van der Waals surface area contributed by atoms with Gasteiger partial charge in [-0.05, 0) is 31.9 Å². The lowest BCUT2D eigenvalue weighted by molar-refractivity contribution is 0.530. The zero-order chi connectivity index (χ0) is 13.7. The highest BCUT2D eigenvalue weighted by Gasteiger charge is 2.08. The molecule has 1 aromatic heterocycles. The highest BCUT2D eigenvalue weighted by atomic mass is 15.3. The molecule has 2 rings (SSSR count). The van der Waals surface area contributed by atoms with Crippen LogP contribution in [0.25, 0.3) is 0 Å². The summed E-state index contributed by atoms with van der Waals surface area (Å²) in [6.45, 7) is 8.26. The van der Waals surface area contributed by atoms with E-state index < -0.39 is 0 Å². The second-order valence-corrected chi connectivity index (χ2v) is 4.81. The maximum Gasteiger partial charge on any atom is 0.0625 e. The Kier molecular flexibility index (Phi) is 4.74. The Hall–Kier alpha value is -1.61. The molecular weight excluding hydrogens is 234 g/mol. The van der Waals surface area contributed by atoms with Gasteiger partial charge in [0.2, 0.25) is 0 Å². The van der Waals surface area contributed by atoms with Crippen LogP contribution in [0.15, 0.2) is 36.4 Å². The number of hydrogen-bond donors (Lipinski definition) is 1. The third kappa shape index (κ3) is 3.44. The van der Waals surface area contributed by atoms with Gasteiger partial charge in [-0.3, -0.25) is 4.68 Å². The molecule has 0 spiro atoms. The van der Waals surface area contributed by atoms with Gasteiger partial charge in [-0.25, -0.2) is 0 Å². The second-order valence-electron chi connectivity index (χ2n) is 4.81. The monoisotopic (exact) mass is 257 g/mol. The summed E-state index contributed by atoms with van der Waals surface area (Å²) in [4.78, 5) is 0. The fourth-order valence-corrected chi connectivity index (χ4v) is 2.22. The van der Waals surface area contributed by atoms with Crippen molar-refractivity contribution in [1.82, 2.24) is 15.1 Å². The summed E-state index contributed by atoms with van der Waals surface area (Å²) in [5.41, 5.74) is 3.76. The summed E-state index contributed by atoms with van der Waals surface area (Å²) in [5.74, 6) is 0. The molecule has 0 saturated carbocycles. The van der Waals surface area contributed by atoms with Crippen molar-refractivity contribution in [3.63, 3.8) is 0 Å². The lowest BCUT2D eigenvalue weighted by Crippen LogP contribution is -2.20. The molecular formula is C16H23N3. The molecule has 2 aromatic rings. The van der Waals surface area contributed by atoms with E-state index in [1.54, 1.807) is 0 Å². The fourth-order valence-electron chi connectivity index (χ4n) is 2.22. The van der Waals surface area contributed by atoms with Gasteiger partial charge in [0.05, 0.1) is 11.4 Å². The van der Waals surface area contributed by atoms with Crippen LogP contribution in [-0.2, 0) is 19.5 Å². The Bertz CT molecular complexity index is 502. The molecule has 0 aliphatic carbocycles. The lowest BCUT2D eigenvalue weighted by Gasteiger charge is -2.14. The Labute approximate surface area is 115 Å². The SMILES string of the molecule is CCc1cc(CN[C@H](C)c2ccccc2)n(CC)n1. The minimum atomic E-state index is 0.353. The van der Waals surface area contributed by atoms with Gasteiger partial charge in [0.1, 0.15) is 0 Å². The van der Waals surface area contributed by atoms with Gasteiger partial charge in [-0.15, -0.1) is 0 Å². The molecule has 102 valence electrons. The van der Waals surface area contributed by atoms with Gasteiger partial charge >= 0.3 is 0 Å². The van der Waals surface area contributed by atoms with Crippen molar-refractivity contribution in [3.05, 3.63) is 53.3 Å². The summed E-state index contributed by atoms with van der Waals surface area (Å²) in [6.07, 6.45) is 0.994. The van der Waals surface area contributed by atoms with Crippen LogP contribution < -0.4 is 5.32 Å². The number of nitrogens with zero attached hydrogens (tertiary/aromatic N) is 2. The third-order valence-corrected chi connectivity index (χ3v) is 3.46. The maximum atomic E-state index is 4.57. The average Bonchev–Trinajstić information content (AvgIpc) is 2.88. The highest BCUT2D eigenvalue weighted by Crippen LogP contribution is 2.13. The summed E-state index contributed by atoms with van der Waals surface area (Å²) < 4.78 is 2.09. The topological polar surface area (TPSA) is 29.9 Å². The Morgan fingerprint density at radius 2 is 1.95 bits per heavy atom. The summed E-state index contributed by atoms with van der Waals surface area (Å²) in [7, 11) is 0. The molecule has 3 nitrogen and oxygen atoms in total. The predicted octanol–water partition coefficient (Wildman–Crippen LogP) is 3.32. The highest BCUT2D eigenvalue weighted by molar-refractivity contribution is 5.18. The molecule has 0 saturated heterocycles. The smallest absolute Gasteiger partial charge is 0.0625 e. The van der Waals surface area contributed by atoms with Crippen molar-refractivity contribution in [2.24, 2.45) is 0 Å². The molecule has 1 atom stereocenters. The number of aryl methyl sites for hydroxylation is 2. The van der Waals surface area contributed by atoms with E-state index in [1.165, 1.54) is 17.0 Å². The lowest BCUT2D eigenvalue weighted by atomic mass is 10.1. The van der Waals surface area contributed by atoms with Crippen LogP contribution in [-0.4, -0.2) is 9.78 Å². The van der Waals surface area contributed by atoms with E-state index in [4.69, 9.17) is 0 Å². The first-order valence-electron chi connectivity index (χ1n) is 7.08. The first-order chi connectivity index (χ1) is 9.24. The van der Waals surface area contributed by atoms with Crippen molar-refractivity contribution in [1.29, 1.82) is 0 Å². The molecule has 1 heterocycles. The quantitative estimate of drug-likeness (QED) is 0.860. The second kappa shape index (κ2) is 6.53. The first-order valence-corrected chi connectivity index (χ1v) is 7.08. The van der Waals surface area contributed by atoms with E-state index in [9.17, 15) is 0 Å². The van der Waals surface area contributed by atoms with E-state index in [0.29, 0.717) is 6.04 Å². The Morgan fingerprint density at radius 1 is 1.21 bits per heavy atom. The molecule has 0 fully saturated rings. The molecule has 19 heavy (non-hydrogen) atoms. The molecule has 1 aromatic carbocycles. The largest absolute Gasteiger partial charge is 0.305 e. The third-order valence-electron chi connectivity index (χ3n) is 3.46. The van der Waals surface area contributed by atoms with E-state index in [1.807, 2.05) is 0 Å². The molecule has 0 aliphatic heterocycles. The van der Waals surface area contributed by atoms with Gasteiger partial charge in [0, 0.05) is 19.1 Å². The Morgan fingerprint density at radius 3 is 2.58 bits per heavy atom. The fraction of sp³-hybridized carbons (Fsp3) is 0.438. The van der Waals surface area contributed by atoms with Gasteiger partial charge in [-0.2, -0.15) is 5.10 Å². The van der Waals surface area contributed by atoms with Gasteiger partial charge in [0.25, 0.3) is 0 Å². The summed E-state index contributed by atoms with van der Waals surface area (Å²) in [5, 5.41) is 8.14. The zero-order valence-electron chi connectivity index (χ0n) is 12.1. The van der Waals surface area contributed by atoms with Crippen molar-refractivity contribution in [3.8, 4) is 0 Å². The number of nitrogens with one attached hydrogen (secondary N) is 1. The van der Waals surface area contributed by atoms with E-state index in [-0.39, 0.29) is 0 Å². The van der Waals surface area contributed by atoms with E-state index >= 15 is 0 Å². The maximum absolute atomic E-state index is 4.57. The molecule has 0 bridgehead atoms. The van der Waals surface area contributed by atoms with E-state index in [2.05, 4.69) is 72.3 Å². The van der Waals surface area contributed by atoms with Crippen molar-refractivity contribution >= 4 is 0 Å². The standard InChI is InChI=1S/C16H23N3/c1-4-15-11-16(19(5-2)18-15)12-17-13(3)14-9-7-6-8-10-14/h6-11,13,17H,4-5,12H2,1-3H3/t13-/m1/s1.